The van der Waals surface area contributed by atoms with Crippen LogP contribution in [0.4, 0.5) is 5.82 Å². The van der Waals surface area contributed by atoms with Gasteiger partial charge in [-0.25, -0.2) is 14.6 Å². The van der Waals surface area contributed by atoms with Crippen LogP contribution in [0.25, 0.3) is 16.7 Å². The fourth-order valence-corrected chi connectivity index (χ4v) is 4.56. The van der Waals surface area contributed by atoms with Crippen LogP contribution in [-0.2, 0) is 4.79 Å². The largest absolute Gasteiger partial charge is 0.354 e. The molecule has 0 N–H and O–H groups in total. The summed E-state index contributed by atoms with van der Waals surface area (Å²) in [5.41, 5.74) is 1.85. The maximum atomic E-state index is 12.6. The van der Waals surface area contributed by atoms with Gasteiger partial charge in [0.2, 0.25) is 5.91 Å². The molecule has 0 radical (unpaired) electrons. The normalized spacial score (nSPS) is 15.6. The Kier molecular flexibility index (Phi) is 7.57. The number of carbonyl (C=O) groups is 1. The molecule has 1 aliphatic heterocycles. The van der Waals surface area contributed by atoms with Gasteiger partial charge in [0.25, 0.3) is 0 Å². The van der Waals surface area contributed by atoms with E-state index in [9.17, 15) is 4.79 Å². The van der Waals surface area contributed by atoms with Gasteiger partial charge in [-0.15, -0.1) is 0 Å². The molecule has 0 saturated carbocycles. The number of rotatable bonds is 8. The van der Waals surface area contributed by atoms with Crippen LogP contribution in [0.3, 0.4) is 0 Å². The minimum atomic E-state index is 0.274. The highest BCUT2D eigenvalue weighted by Crippen LogP contribution is 2.29. The van der Waals surface area contributed by atoms with E-state index in [1.807, 2.05) is 34.0 Å². The zero-order valence-electron chi connectivity index (χ0n) is 20.2. The molecule has 4 rings (SSSR count). The number of anilines is 1. The Morgan fingerprint density at radius 3 is 2.61 bits per heavy atom. The SMILES string of the molecule is CCCCC(=O)N1CCCN(c2nc([C@@H](C)CCC)nc3c2cnn3-c2ccccc2)CC1. The van der Waals surface area contributed by atoms with Crippen molar-refractivity contribution in [1.82, 2.24) is 24.6 Å². The Morgan fingerprint density at radius 1 is 1.03 bits per heavy atom. The number of benzene rings is 1. The molecule has 1 fully saturated rings. The second-order valence-electron chi connectivity index (χ2n) is 9.05. The average Bonchev–Trinajstić information content (AvgIpc) is 3.11. The van der Waals surface area contributed by atoms with Gasteiger partial charge in [0, 0.05) is 38.5 Å². The van der Waals surface area contributed by atoms with Crippen LogP contribution in [0.1, 0.15) is 71.0 Å². The highest BCUT2D eigenvalue weighted by molar-refractivity contribution is 5.88. The lowest BCUT2D eigenvalue weighted by atomic mass is 10.1. The van der Waals surface area contributed by atoms with Gasteiger partial charge in [0.15, 0.2) is 5.65 Å². The number of hydrogen-bond acceptors (Lipinski definition) is 5. The third kappa shape index (κ3) is 5.18. The molecule has 1 aromatic carbocycles. The van der Waals surface area contributed by atoms with Crippen molar-refractivity contribution in [3.63, 3.8) is 0 Å². The lowest BCUT2D eigenvalue weighted by molar-refractivity contribution is -0.131. The standard InChI is InChI=1S/C26H36N6O/c1-4-6-14-23(33)30-15-10-16-31(18-17-30)25-22-19-27-32(21-12-8-7-9-13-21)26(22)29-24(28-25)20(3)11-5-2/h7-9,12-13,19-20H,4-6,10-11,14-18H2,1-3H3/t20-/m0/s1. The van der Waals surface area contributed by atoms with Gasteiger partial charge in [-0.1, -0.05) is 51.8 Å². The number of nitrogens with zero attached hydrogens (tertiary/aromatic N) is 6. The molecule has 0 spiro atoms. The van der Waals surface area contributed by atoms with E-state index in [0.29, 0.717) is 6.42 Å². The lowest BCUT2D eigenvalue weighted by Crippen LogP contribution is -2.35. The molecule has 3 aromatic rings. The van der Waals surface area contributed by atoms with E-state index in [1.54, 1.807) is 0 Å². The van der Waals surface area contributed by atoms with E-state index in [4.69, 9.17) is 15.1 Å². The van der Waals surface area contributed by atoms with E-state index in [-0.39, 0.29) is 11.8 Å². The first-order chi connectivity index (χ1) is 16.1. The molecular formula is C26H36N6O. The minimum absolute atomic E-state index is 0.274. The smallest absolute Gasteiger partial charge is 0.222 e. The Labute approximate surface area is 196 Å². The predicted molar refractivity (Wildman–Crippen MR) is 133 cm³/mol. The monoisotopic (exact) mass is 448 g/mol. The number of para-hydroxylation sites is 1. The molecule has 1 aliphatic rings. The molecule has 176 valence electrons. The van der Waals surface area contributed by atoms with Gasteiger partial charge in [0.05, 0.1) is 17.3 Å². The van der Waals surface area contributed by atoms with Gasteiger partial charge in [-0.05, 0) is 31.4 Å². The highest BCUT2D eigenvalue weighted by atomic mass is 16.2. The molecule has 1 amide bonds. The summed E-state index contributed by atoms with van der Waals surface area (Å²) in [6, 6.07) is 10.1. The fourth-order valence-electron chi connectivity index (χ4n) is 4.56. The molecule has 7 heteroatoms. The fraction of sp³-hybridized carbons (Fsp3) is 0.538. The Balaban J connectivity index is 1.69. The van der Waals surface area contributed by atoms with Crippen molar-refractivity contribution in [3.05, 3.63) is 42.4 Å². The van der Waals surface area contributed by atoms with Crippen molar-refractivity contribution >= 4 is 22.8 Å². The number of unbranched alkanes of at least 4 members (excludes halogenated alkanes) is 1. The number of hydrogen-bond donors (Lipinski definition) is 0. The van der Waals surface area contributed by atoms with Crippen molar-refractivity contribution < 1.29 is 4.79 Å². The van der Waals surface area contributed by atoms with Gasteiger partial charge in [0.1, 0.15) is 11.6 Å². The summed E-state index contributed by atoms with van der Waals surface area (Å²) in [6.45, 7) is 9.74. The van der Waals surface area contributed by atoms with Crippen LogP contribution in [0.5, 0.6) is 0 Å². The molecule has 1 atom stereocenters. The maximum Gasteiger partial charge on any atom is 0.222 e. The summed E-state index contributed by atoms with van der Waals surface area (Å²) in [7, 11) is 0. The molecule has 1 saturated heterocycles. The molecule has 7 nitrogen and oxygen atoms in total. The minimum Gasteiger partial charge on any atom is -0.354 e. The van der Waals surface area contributed by atoms with Crippen molar-refractivity contribution in [1.29, 1.82) is 0 Å². The molecule has 0 unspecified atom stereocenters. The van der Waals surface area contributed by atoms with Crippen LogP contribution in [-0.4, -0.2) is 56.7 Å². The Bertz CT molecular complexity index is 1060. The molecule has 0 aliphatic carbocycles. The second kappa shape index (κ2) is 10.8. The third-order valence-electron chi connectivity index (χ3n) is 6.48. The number of fused-ring (bicyclic) bond motifs is 1. The average molecular weight is 449 g/mol. The van der Waals surface area contributed by atoms with E-state index in [1.165, 1.54) is 0 Å². The van der Waals surface area contributed by atoms with Gasteiger partial charge < -0.3 is 9.80 Å². The van der Waals surface area contributed by atoms with Crippen LogP contribution >= 0.6 is 0 Å². The molecule has 33 heavy (non-hydrogen) atoms. The van der Waals surface area contributed by atoms with Crippen LogP contribution in [0.15, 0.2) is 36.5 Å². The van der Waals surface area contributed by atoms with Crippen molar-refractivity contribution in [3.8, 4) is 5.69 Å². The van der Waals surface area contributed by atoms with E-state index in [0.717, 1.165) is 86.6 Å². The van der Waals surface area contributed by atoms with Crippen molar-refractivity contribution in [2.24, 2.45) is 0 Å². The predicted octanol–water partition coefficient (Wildman–Crippen LogP) is 4.95. The second-order valence-corrected chi connectivity index (χ2v) is 9.05. The summed E-state index contributed by atoms with van der Waals surface area (Å²) in [4.78, 5) is 27.0. The van der Waals surface area contributed by atoms with Gasteiger partial charge in [-0.3, -0.25) is 4.79 Å². The molecule has 3 heterocycles. The zero-order valence-corrected chi connectivity index (χ0v) is 20.2. The summed E-state index contributed by atoms with van der Waals surface area (Å²) >= 11 is 0. The molecular weight excluding hydrogens is 412 g/mol. The van der Waals surface area contributed by atoms with Crippen molar-refractivity contribution in [2.75, 3.05) is 31.1 Å². The number of amides is 1. The topological polar surface area (TPSA) is 67.2 Å². The van der Waals surface area contributed by atoms with Crippen LogP contribution in [0, 0.1) is 0 Å². The first kappa shape index (κ1) is 23.2. The summed E-state index contributed by atoms with van der Waals surface area (Å²) in [5, 5.41) is 5.66. The number of aromatic nitrogens is 4. The summed E-state index contributed by atoms with van der Waals surface area (Å²) in [5.74, 6) is 2.37. The summed E-state index contributed by atoms with van der Waals surface area (Å²) in [6.07, 6.45) is 7.63. The van der Waals surface area contributed by atoms with Gasteiger partial charge in [-0.2, -0.15) is 5.10 Å². The number of carbonyl (C=O) groups excluding carboxylic acids is 1. The molecule has 2 aromatic heterocycles. The summed E-state index contributed by atoms with van der Waals surface area (Å²) < 4.78 is 1.92. The third-order valence-corrected chi connectivity index (χ3v) is 6.48. The van der Waals surface area contributed by atoms with Crippen molar-refractivity contribution in [2.45, 2.75) is 65.2 Å². The first-order valence-electron chi connectivity index (χ1n) is 12.5. The zero-order chi connectivity index (χ0) is 23.2. The quantitative estimate of drug-likeness (QED) is 0.488. The first-order valence-corrected chi connectivity index (χ1v) is 12.5. The van der Waals surface area contributed by atoms with E-state index >= 15 is 0 Å². The highest BCUT2D eigenvalue weighted by Gasteiger charge is 2.24. The lowest BCUT2D eigenvalue weighted by Gasteiger charge is -2.24. The maximum absolute atomic E-state index is 12.6. The van der Waals surface area contributed by atoms with Gasteiger partial charge >= 0.3 is 0 Å². The Morgan fingerprint density at radius 2 is 1.85 bits per heavy atom. The van der Waals surface area contributed by atoms with E-state index < -0.39 is 0 Å². The molecule has 0 bridgehead atoms. The van der Waals surface area contributed by atoms with Crippen LogP contribution < -0.4 is 4.90 Å². The van der Waals surface area contributed by atoms with E-state index in [2.05, 4.69) is 37.8 Å². The Hall–Kier alpha value is -2.96. The van der Waals surface area contributed by atoms with Crippen LogP contribution in [0.2, 0.25) is 0 Å².